The lowest BCUT2D eigenvalue weighted by molar-refractivity contribution is 0.301. The molecule has 0 saturated heterocycles. The van der Waals surface area contributed by atoms with Crippen molar-refractivity contribution in [2.45, 2.75) is 26.2 Å². The van der Waals surface area contributed by atoms with Gasteiger partial charge in [-0.25, -0.2) is 0 Å². The van der Waals surface area contributed by atoms with Crippen molar-refractivity contribution in [3.8, 4) is 5.88 Å². The molecule has 1 heterocycles. The highest BCUT2D eigenvalue weighted by atomic mass is 16.5. The van der Waals surface area contributed by atoms with Gasteiger partial charge in [0.05, 0.1) is 5.69 Å². The Morgan fingerprint density at radius 1 is 1.27 bits per heavy atom. The zero-order valence-electron chi connectivity index (χ0n) is 9.87. The molecule has 0 aliphatic heterocycles. The van der Waals surface area contributed by atoms with Crippen LogP contribution in [0.4, 0.5) is 0 Å². The van der Waals surface area contributed by atoms with Crippen molar-refractivity contribution in [2.24, 2.45) is 0 Å². The van der Waals surface area contributed by atoms with Crippen LogP contribution in [0.2, 0.25) is 0 Å². The van der Waals surface area contributed by atoms with E-state index in [1.165, 1.54) is 0 Å². The Morgan fingerprint density at radius 3 is 2.47 bits per heavy atom. The molecule has 0 unspecified atom stereocenters. The smallest absolute Gasteiger partial charge is 0.233 e. The summed E-state index contributed by atoms with van der Waals surface area (Å²) < 4.78 is 5.38. The van der Waals surface area contributed by atoms with Crippen LogP contribution in [0.3, 0.4) is 0 Å². The van der Waals surface area contributed by atoms with Crippen LogP contribution < -0.4 is 10.1 Å². The Balaban J connectivity index is 2.57. The largest absolute Gasteiger partial charge is 0.475 e. The van der Waals surface area contributed by atoms with Gasteiger partial charge in [-0.1, -0.05) is 20.8 Å². The molecule has 1 rings (SSSR count). The van der Waals surface area contributed by atoms with Gasteiger partial charge in [0, 0.05) is 18.0 Å². The highest BCUT2D eigenvalue weighted by molar-refractivity contribution is 5.16. The zero-order valence-corrected chi connectivity index (χ0v) is 9.87. The molecule has 0 aromatic carbocycles. The van der Waals surface area contributed by atoms with Gasteiger partial charge in [-0.3, -0.25) is 0 Å². The first-order valence-corrected chi connectivity index (χ1v) is 5.15. The summed E-state index contributed by atoms with van der Waals surface area (Å²) in [7, 11) is 1.89. The van der Waals surface area contributed by atoms with Crippen LogP contribution in [-0.4, -0.2) is 30.4 Å². The molecule has 15 heavy (non-hydrogen) atoms. The van der Waals surface area contributed by atoms with Gasteiger partial charge in [0.25, 0.3) is 0 Å². The molecule has 1 aromatic rings. The molecule has 1 aromatic heterocycles. The van der Waals surface area contributed by atoms with E-state index in [-0.39, 0.29) is 5.41 Å². The maximum absolute atomic E-state index is 5.38. The van der Waals surface area contributed by atoms with Gasteiger partial charge in [-0.2, -0.15) is 5.10 Å². The topological polar surface area (TPSA) is 47.0 Å². The van der Waals surface area contributed by atoms with Crippen molar-refractivity contribution < 1.29 is 4.74 Å². The quantitative estimate of drug-likeness (QED) is 0.761. The fraction of sp³-hybridized carbons (Fsp3) is 0.636. The summed E-state index contributed by atoms with van der Waals surface area (Å²) in [6, 6.07) is 3.82. The highest BCUT2D eigenvalue weighted by Gasteiger charge is 2.15. The fourth-order valence-electron chi connectivity index (χ4n) is 1.05. The Hall–Kier alpha value is -1.16. The van der Waals surface area contributed by atoms with Gasteiger partial charge in [-0.15, -0.1) is 5.10 Å². The molecule has 0 saturated carbocycles. The summed E-state index contributed by atoms with van der Waals surface area (Å²) in [6.07, 6.45) is 0. The Morgan fingerprint density at radius 2 is 2.00 bits per heavy atom. The number of aromatic nitrogens is 2. The number of hydrogen-bond acceptors (Lipinski definition) is 4. The third kappa shape index (κ3) is 3.83. The molecule has 0 fully saturated rings. The molecule has 84 valence electrons. The monoisotopic (exact) mass is 209 g/mol. The predicted octanol–water partition coefficient (Wildman–Crippen LogP) is 1.37. The number of likely N-dealkylation sites (N-methyl/N-ethyl adjacent to an activating group) is 1. The van der Waals surface area contributed by atoms with Gasteiger partial charge in [0.2, 0.25) is 5.88 Å². The Bertz CT molecular complexity index is 290. The third-order valence-electron chi connectivity index (χ3n) is 2.01. The van der Waals surface area contributed by atoms with E-state index in [0.29, 0.717) is 12.5 Å². The van der Waals surface area contributed by atoms with Crippen LogP contribution in [0, 0.1) is 0 Å². The van der Waals surface area contributed by atoms with Crippen LogP contribution in [0.5, 0.6) is 5.88 Å². The highest BCUT2D eigenvalue weighted by Crippen LogP contribution is 2.19. The van der Waals surface area contributed by atoms with Crippen LogP contribution in [0.15, 0.2) is 12.1 Å². The zero-order chi connectivity index (χ0) is 11.3. The first-order chi connectivity index (χ1) is 7.04. The van der Waals surface area contributed by atoms with E-state index in [2.05, 4.69) is 36.3 Å². The van der Waals surface area contributed by atoms with Crippen molar-refractivity contribution in [2.75, 3.05) is 20.2 Å². The van der Waals surface area contributed by atoms with Crippen molar-refractivity contribution in [3.63, 3.8) is 0 Å². The van der Waals surface area contributed by atoms with Gasteiger partial charge in [0.1, 0.15) is 6.61 Å². The SMILES string of the molecule is CNCCOc1ccc(C(C)(C)C)nn1. The molecule has 4 nitrogen and oxygen atoms in total. The van der Waals surface area contributed by atoms with Crippen LogP contribution in [0.1, 0.15) is 26.5 Å². The first-order valence-electron chi connectivity index (χ1n) is 5.15. The number of nitrogens with one attached hydrogen (secondary N) is 1. The van der Waals surface area contributed by atoms with E-state index in [1.807, 2.05) is 19.2 Å². The molecule has 0 bridgehead atoms. The second kappa shape index (κ2) is 5.07. The maximum atomic E-state index is 5.38. The van der Waals surface area contributed by atoms with Crippen LogP contribution in [0.25, 0.3) is 0 Å². The molecule has 0 aliphatic carbocycles. The standard InChI is InChI=1S/C11H19N3O/c1-11(2,3)9-5-6-10(14-13-9)15-8-7-12-4/h5-6,12H,7-8H2,1-4H3. The summed E-state index contributed by atoms with van der Waals surface area (Å²) in [5, 5.41) is 11.2. The lowest BCUT2D eigenvalue weighted by Gasteiger charge is -2.16. The lowest BCUT2D eigenvalue weighted by atomic mass is 9.92. The summed E-state index contributed by atoms with van der Waals surface area (Å²) >= 11 is 0. The van der Waals surface area contributed by atoms with Crippen molar-refractivity contribution in [1.29, 1.82) is 0 Å². The van der Waals surface area contributed by atoms with Crippen molar-refractivity contribution >= 4 is 0 Å². The van der Waals surface area contributed by atoms with Gasteiger partial charge in [0.15, 0.2) is 0 Å². The van der Waals surface area contributed by atoms with E-state index in [1.54, 1.807) is 0 Å². The number of nitrogens with zero attached hydrogens (tertiary/aromatic N) is 2. The lowest BCUT2D eigenvalue weighted by Crippen LogP contribution is -2.17. The van der Waals surface area contributed by atoms with Crippen LogP contribution in [-0.2, 0) is 5.41 Å². The Kier molecular flexibility index (Phi) is 4.03. The molecule has 0 atom stereocenters. The summed E-state index contributed by atoms with van der Waals surface area (Å²) in [5.41, 5.74) is 1.01. The normalized spacial score (nSPS) is 11.5. The molecule has 1 N–H and O–H groups in total. The predicted molar refractivity (Wildman–Crippen MR) is 60.2 cm³/mol. The second-order valence-electron chi connectivity index (χ2n) is 4.46. The first kappa shape index (κ1) is 11.9. The maximum Gasteiger partial charge on any atom is 0.233 e. The van der Waals surface area contributed by atoms with Gasteiger partial charge in [-0.05, 0) is 13.1 Å². The number of ether oxygens (including phenoxy) is 1. The molecule has 4 heteroatoms. The third-order valence-corrected chi connectivity index (χ3v) is 2.01. The second-order valence-corrected chi connectivity index (χ2v) is 4.46. The van der Waals surface area contributed by atoms with Crippen LogP contribution >= 0.6 is 0 Å². The van der Waals surface area contributed by atoms with E-state index in [0.717, 1.165) is 12.2 Å². The molecule has 0 spiro atoms. The molecule has 0 amide bonds. The number of hydrogen-bond donors (Lipinski definition) is 1. The average Bonchev–Trinajstić information content (AvgIpc) is 2.18. The Labute approximate surface area is 91.1 Å². The minimum atomic E-state index is 0.0382. The number of rotatable bonds is 4. The fourth-order valence-corrected chi connectivity index (χ4v) is 1.05. The summed E-state index contributed by atoms with van der Waals surface area (Å²) in [6.45, 7) is 7.75. The van der Waals surface area contributed by atoms with Crippen molar-refractivity contribution in [3.05, 3.63) is 17.8 Å². The molecule has 0 aliphatic rings. The molecule has 0 radical (unpaired) electrons. The van der Waals surface area contributed by atoms with E-state index < -0.39 is 0 Å². The summed E-state index contributed by atoms with van der Waals surface area (Å²) in [4.78, 5) is 0. The van der Waals surface area contributed by atoms with E-state index in [9.17, 15) is 0 Å². The summed E-state index contributed by atoms with van der Waals surface area (Å²) in [5.74, 6) is 0.582. The van der Waals surface area contributed by atoms with E-state index in [4.69, 9.17) is 4.74 Å². The van der Waals surface area contributed by atoms with Crippen molar-refractivity contribution in [1.82, 2.24) is 15.5 Å². The minimum absolute atomic E-state index is 0.0382. The van der Waals surface area contributed by atoms with Gasteiger partial charge >= 0.3 is 0 Å². The molecular weight excluding hydrogens is 190 g/mol. The van der Waals surface area contributed by atoms with E-state index >= 15 is 0 Å². The molecular formula is C11H19N3O. The average molecular weight is 209 g/mol. The van der Waals surface area contributed by atoms with Gasteiger partial charge < -0.3 is 10.1 Å². The minimum Gasteiger partial charge on any atom is -0.475 e.